The average Bonchev–Trinajstić information content (AvgIpc) is 2.59. The first-order chi connectivity index (χ1) is 9.06. The summed E-state index contributed by atoms with van der Waals surface area (Å²) in [7, 11) is 0. The summed E-state index contributed by atoms with van der Waals surface area (Å²) in [5.74, 6) is -0.142. The Kier molecular flexibility index (Phi) is 4.37. The molecule has 5 heteroatoms. The Balaban J connectivity index is 1.99. The molecule has 1 aliphatic heterocycles. The second-order valence-electron chi connectivity index (χ2n) is 4.98. The number of nitrogens with zero attached hydrogens (tertiary/aromatic N) is 2. The van der Waals surface area contributed by atoms with Gasteiger partial charge >= 0.3 is 0 Å². The van der Waals surface area contributed by atoms with Crippen molar-refractivity contribution in [3.63, 3.8) is 0 Å². The van der Waals surface area contributed by atoms with E-state index >= 15 is 0 Å². The fourth-order valence-corrected chi connectivity index (χ4v) is 2.40. The number of rotatable bonds is 2. The Morgan fingerprint density at radius 3 is 2.84 bits per heavy atom. The lowest BCUT2D eigenvalue weighted by Crippen LogP contribution is -2.33. The van der Waals surface area contributed by atoms with Crippen LogP contribution in [0.2, 0.25) is 0 Å². The average molecular weight is 265 g/mol. The summed E-state index contributed by atoms with van der Waals surface area (Å²) in [4.78, 5) is 15.4. The fraction of sp³-hybridized carbons (Fsp3) is 0.500. The van der Waals surface area contributed by atoms with Crippen LogP contribution in [0, 0.1) is 5.82 Å². The Hall–Kier alpha value is -1.62. The summed E-state index contributed by atoms with van der Waals surface area (Å²) in [6.07, 6.45) is 0.939. The van der Waals surface area contributed by atoms with Gasteiger partial charge in [0.05, 0.1) is 0 Å². The van der Waals surface area contributed by atoms with Gasteiger partial charge in [0.15, 0.2) is 0 Å². The first-order valence-electron chi connectivity index (χ1n) is 6.58. The van der Waals surface area contributed by atoms with E-state index in [1.165, 1.54) is 12.1 Å². The number of benzene rings is 1. The Labute approximate surface area is 113 Å². The van der Waals surface area contributed by atoms with Gasteiger partial charge in [0.1, 0.15) is 5.82 Å². The second kappa shape index (κ2) is 6.02. The van der Waals surface area contributed by atoms with E-state index < -0.39 is 0 Å². The molecule has 1 aromatic carbocycles. The normalized spacial score (nSPS) is 17.3. The maximum Gasteiger partial charge on any atom is 0.219 e. The van der Waals surface area contributed by atoms with Gasteiger partial charge in [0.2, 0.25) is 5.91 Å². The lowest BCUT2D eigenvalue weighted by Gasteiger charge is -2.21. The molecule has 0 aliphatic carbocycles. The van der Waals surface area contributed by atoms with Crippen LogP contribution in [-0.2, 0) is 11.3 Å². The van der Waals surface area contributed by atoms with Gasteiger partial charge in [0, 0.05) is 45.3 Å². The summed E-state index contributed by atoms with van der Waals surface area (Å²) in [5.41, 5.74) is 7.30. The van der Waals surface area contributed by atoms with Crippen molar-refractivity contribution < 1.29 is 9.18 Å². The molecule has 1 aliphatic rings. The van der Waals surface area contributed by atoms with Gasteiger partial charge in [-0.1, -0.05) is 0 Å². The molecule has 2 N–H and O–H groups in total. The minimum absolute atomic E-state index is 0.118. The summed E-state index contributed by atoms with van der Waals surface area (Å²) in [5, 5.41) is 0. The highest BCUT2D eigenvalue weighted by Gasteiger charge is 2.17. The summed E-state index contributed by atoms with van der Waals surface area (Å²) in [6.45, 7) is 5.46. The van der Waals surface area contributed by atoms with Gasteiger partial charge in [-0.2, -0.15) is 0 Å². The van der Waals surface area contributed by atoms with Crippen LogP contribution >= 0.6 is 0 Å². The van der Waals surface area contributed by atoms with Gasteiger partial charge in [-0.3, -0.25) is 9.69 Å². The molecule has 0 bridgehead atoms. The molecular formula is C14H20FN3O. The maximum atomic E-state index is 13.2. The van der Waals surface area contributed by atoms with Crippen molar-refractivity contribution in [2.45, 2.75) is 19.9 Å². The molecule has 19 heavy (non-hydrogen) atoms. The highest BCUT2D eigenvalue weighted by molar-refractivity contribution is 5.73. The summed E-state index contributed by atoms with van der Waals surface area (Å²) >= 11 is 0. The number of nitrogen functional groups attached to an aromatic ring is 1. The van der Waals surface area contributed by atoms with Crippen LogP contribution in [0.4, 0.5) is 10.1 Å². The summed E-state index contributed by atoms with van der Waals surface area (Å²) in [6, 6.07) is 4.46. The highest BCUT2D eigenvalue weighted by atomic mass is 19.1. The van der Waals surface area contributed by atoms with E-state index in [-0.39, 0.29) is 11.7 Å². The van der Waals surface area contributed by atoms with Crippen molar-refractivity contribution in [1.82, 2.24) is 9.80 Å². The van der Waals surface area contributed by atoms with Crippen LogP contribution in [0.5, 0.6) is 0 Å². The van der Waals surface area contributed by atoms with Gasteiger partial charge in [0.25, 0.3) is 0 Å². The maximum absolute atomic E-state index is 13.2. The smallest absolute Gasteiger partial charge is 0.219 e. The quantitative estimate of drug-likeness (QED) is 0.824. The van der Waals surface area contributed by atoms with Crippen molar-refractivity contribution >= 4 is 11.6 Å². The third kappa shape index (κ3) is 3.67. The number of amides is 1. The van der Waals surface area contributed by atoms with Crippen molar-refractivity contribution in [2.75, 3.05) is 31.9 Å². The molecule has 1 saturated heterocycles. The van der Waals surface area contributed by atoms with Crippen molar-refractivity contribution in [3.8, 4) is 0 Å². The van der Waals surface area contributed by atoms with E-state index in [0.717, 1.165) is 38.2 Å². The molecule has 0 aromatic heterocycles. The predicted molar refractivity (Wildman–Crippen MR) is 73.0 cm³/mol. The first kappa shape index (κ1) is 13.8. The number of carbonyl (C=O) groups is 1. The summed E-state index contributed by atoms with van der Waals surface area (Å²) < 4.78 is 13.2. The molecule has 0 spiro atoms. The largest absolute Gasteiger partial charge is 0.398 e. The van der Waals surface area contributed by atoms with E-state index in [1.54, 1.807) is 13.0 Å². The van der Waals surface area contributed by atoms with Crippen molar-refractivity contribution in [2.24, 2.45) is 0 Å². The highest BCUT2D eigenvalue weighted by Crippen LogP contribution is 2.17. The van der Waals surface area contributed by atoms with Crippen LogP contribution in [0.25, 0.3) is 0 Å². The number of halogens is 1. The van der Waals surface area contributed by atoms with Crippen LogP contribution in [-0.4, -0.2) is 41.9 Å². The monoisotopic (exact) mass is 265 g/mol. The molecule has 104 valence electrons. The zero-order valence-electron chi connectivity index (χ0n) is 11.2. The van der Waals surface area contributed by atoms with E-state index in [4.69, 9.17) is 5.73 Å². The van der Waals surface area contributed by atoms with Crippen LogP contribution in [0.3, 0.4) is 0 Å². The van der Waals surface area contributed by atoms with Crippen molar-refractivity contribution in [1.29, 1.82) is 0 Å². The van der Waals surface area contributed by atoms with Gasteiger partial charge in [-0.25, -0.2) is 4.39 Å². The minimum Gasteiger partial charge on any atom is -0.398 e. The molecule has 2 rings (SSSR count). The molecule has 0 atom stereocenters. The number of anilines is 1. The molecule has 0 radical (unpaired) electrons. The SMILES string of the molecule is CC(=O)N1CCCN(Cc2cc(F)ccc2N)CC1. The second-order valence-corrected chi connectivity index (χ2v) is 4.98. The number of hydrogen-bond donors (Lipinski definition) is 1. The molecule has 1 heterocycles. The van der Waals surface area contributed by atoms with Crippen LogP contribution in [0.15, 0.2) is 18.2 Å². The first-order valence-corrected chi connectivity index (χ1v) is 6.58. The third-order valence-corrected chi connectivity index (χ3v) is 3.53. The number of hydrogen-bond acceptors (Lipinski definition) is 3. The molecule has 0 unspecified atom stereocenters. The van der Waals surface area contributed by atoms with Gasteiger partial charge in [-0.15, -0.1) is 0 Å². The molecule has 1 fully saturated rings. The third-order valence-electron chi connectivity index (χ3n) is 3.53. The molecular weight excluding hydrogens is 245 g/mol. The van der Waals surface area contributed by atoms with E-state index in [1.807, 2.05) is 4.90 Å². The molecule has 1 aromatic rings. The fourth-order valence-electron chi connectivity index (χ4n) is 2.40. The lowest BCUT2D eigenvalue weighted by molar-refractivity contribution is -0.128. The van der Waals surface area contributed by atoms with Crippen LogP contribution < -0.4 is 5.73 Å². The zero-order chi connectivity index (χ0) is 13.8. The Bertz CT molecular complexity index is 464. The Morgan fingerprint density at radius 1 is 1.32 bits per heavy atom. The molecule has 0 saturated carbocycles. The van der Waals surface area contributed by atoms with E-state index in [9.17, 15) is 9.18 Å². The number of carbonyl (C=O) groups excluding carboxylic acids is 1. The topological polar surface area (TPSA) is 49.6 Å². The van der Waals surface area contributed by atoms with Crippen molar-refractivity contribution in [3.05, 3.63) is 29.6 Å². The predicted octanol–water partition coefficient (Wildman–Crippen LogP) is 1.46. The molecule has 4 nitrogen and oxygen atoms in total. The van der Waals surface area contributed by atoms with Gasteiger partial charge < -0.3 is 10.6 Å². The van der Waals surface area contributed by atoms with Gasteiger partial charge in [-0.05, 0) is 30.2 Å². The van der Waals surface area contributed by atoms with E-state index in [2.05, 4.69) is 4.90 Å². The van der Waals surface area contributed by atoms with Crippen LogP contribution in [0.1, 0.15) is 18.9 Å². The minimum atomic E-state index is -0.260. The van der Waals surface area contributed by atoms with E-state index in [0.29, 0.717) is 12.2 Å². The zero-order valence-corrected chi connectivity index (χ0v) is 11.2. The molecule has 1 amide bonds. The lowest BCUT2D eigenvalue weighted by atomic mass is 10.1. The standard InChI is InChI=1S/C14H20FN3O/c1-11(19)18-6-2-5-17(7-8-18)10-12-9-13(15)3-4-14(12)16/h3-4,9H,2,5-8,10,16H2,1H3. The Morgan fingerprint density at radius 2 is 2.11 bits per heavy atom. The number of nitrogens with two attached hydrogens (primary N) is 1.